The first kappa shape index (κ1) is 15.7. The minimum atomic E-state index is -0.364. The van der Waals surface area contributed by atoms with Crippen molar-refractivity contribution in [3.8, 4) is 0 Å². The SMILES string of the molecule is Cc1ccnc(NC(=O)/C=C/c2coc3ccc(C)cc3c2=O)c1. The molecule has 0 aliphatic carbocycles. The molecule has 3 aromatic rings. The van der Waals surface area contributed by atoms with E-state index in [9.17, 15) is 9.59 Å². The van der Waals surface area contributed by atoms with Crippen LogP contribution in [0, 0.1) is 13.8 Å². The molecule has 0 saturated heterocycles. The lowest BCUT2D eigenvalue weighted by atomic mass is 10.1. The zero-order chi connectivity index (χ0) is 17.1. The van der Waals surface area contributed by atoms with Gasteiger partial charge >= 0.3 is 0 Å². The Kier molecular flexibility index (Phi) is 4.24. The molecule has 0 unspecified atom stereocenters. The van der Waals surface area contributed by atoms with Gasteiger partial charge < -0.3 is 9.73 Å². The molecule has 3 rings (SSSR count). The van der Waals surface area contributed by atoms with Crippen molar-refractivity contribution in [2.75, 3.05) is 5.32 Å². The first-order chi connectivity index (χ1) is 11.5. The molecule has 0 spiro atoms. The summed E-state index contributed by atoms with van der Waals surface area (Å²) in [6.45, 7) is 3.82. The highest BCUT2D eigenvalue weighted by Crippen LogP contribution is 2.14. The Labute approximate surface area is 138 Å². The Morgan fingerprint density at radius 2 is 1.96 bits per heavy atom. The number of carbonyl (C=O) groups is 1. The van der Waals surface area contributed by atoms with Gasteiger partial charge in [-0.05, 0) is 49.8 Å². The Balaban J connectivity index is 1.84. The first-order valence-corrected chi connectivity index (χ1v) is 7.47. The average molecular weight is 320 g/mol. The highest BCUT2D eigenvalue weighted by atomic mass is 16.3. The predicted molar refractivity (Wildman–Crippen MR) is 93.9 cm³/mol. The number of rotatable bonds is 3. The van der Waals surface area contributed by atoms with E-state index in [2.05, 4.69) is 10.3 Å². The van der Waals surface area contributed by atoms with Gasteiger partial charge in [-0.25, -0.2) is 4.98 Å². The minimum absolute atomic E-state index is 0.169. The van der Waals surface area contributed by atoms with Gasteiger partial charge in [0.15, 0.2) is 5.43 Å². The van der Waals surface area contributed by atoms with Gasteiger partial charge in [-0.1, -0.05) is 11.6 Å². The van der Waals surface area contributed by atoms with E-state index in [1.54, 1.807) is 24.4 Å². The van der Waals surface area contributed by atoms with Crippen LogP contribution >= 0.6 is 0 Å². The van der Waals surface area contributed by atoms with Crippen molar-refractivity contribution >= 4 is 28.8 Å². The van der Waals surface area contributed by atoms with E-state index in [1.807, 2.05) is 26.0 Å². The van der Waals surface area contributed by atoms with Gasteiger partial charge in [0.05, 0.1) is 10.9 Å². The van der Waals surface area contributed by atoms with Crippen LogP contribution in [-0.4, -0.2) is 10.9 Å². The summed E-state index contributed by atoms with van der Waals surface area (Å²) in [4.78, 5) is 28.5. The second-order valence-electron chi connectivity index (χ2n) is 5.56. The van der Waals surface area contributed by atoms with E-state index < -0.39 is 0 Å². The van der Waals surface area contributed by atoms with Crippen LogP contribution in [0.1, 0.15) is 16.7 Å². The van der Waals surface area contributed by atoms with Gasteiger partial charge in [-0.3, -0.25) is 9.59 Å². The summed E-state index contributed by atoms with van der Waals surface area (Å²) >= 11 is 0. The van der Waals surface area contributed by atoms with Crippen molar-refractivity contribution in [1.29, 1.82) is 0 Å². The standard InChI is InChI=1S/C19H16N2O3/c1-12-3-5-16-15(9-12)19(23)14(11-24-16)4-6-18(22)21-17-10-13(2)7-8-20-17/h3-11H,1-2H3,(H,20,21,22)/b6-4+. The molecule has 2 heterocycles. The molecule has 120 valence electrons. The molecule has 0 bridgehead atoms. The first-order valence-electron chi connectivity index (χ1n) is 7.47. The molecule has 2 aromatic heterocycles. The normalized spacial score (nSPS) is 11.1. The van der Waals surface area contributed by atoms with Crippen LogP contribution in [0.25, 0.3) is 17.0 Å². The number of hydrogen-bond donors (Lipinski definition) is 1. The Morgan fingerprint density at radius 3 is 2.75 bits per heavy atom. The number of aryl methyl sites for hydroxylation is 2. The van der Waals surface area contributed by atoms with Crippen molar-refractivity contribution in [3.63, 3.8) is 0 Å². The maximum Gasteiger partial charge on any atom is 0.249 e. The largest absolute Gasteiger partial charge is 0.463 e. The molecule has 0 radical (unpaired) electrons. The number of hydrogen-bond acceptors (Lipinski definition) is 4. The third kappa shape index (κ3) is 3.41. The Bertz CT molecular complexity index is 1000. The summed E-state index contributed by atoms with van der Waals surface area (Å²) in [6.07, 6.45) is 5.71. The zero-order valence-corrected chi connectivity index (χ0v) is 13.4. The fraction of sp³-hybridized carbons (Fsp3) is 0.105. The number of benzene rings is 1. The highest BCUT2D eigenvalue weighted by Gasteiger charge is 2.06. The zero-order valence-electron chi connectivity index (χ0n) is 13.4. The van der Waals surface area contributed by atoms with Crippen molar-refractivity contribution in [1.82, 2.24) is 4.98 Å². The molecule has 1 aromatic carbocycles. The maximum atomic E-state index is 12.4. The van der Waals surface area contributed by atoms with Gasteiger partial charge in [-0.15, -0.1) is 0 Å². The van der Waals surface area contributed by atoms with Crippen molar-refractivity contribution in [2.24, 2.45) is 0 Å². The maximum absolute atomic E-state index is 12.4. The summed E-state index contributed by atoms with van der Waals surface area (Å²) in [7, 11) is 0. The van der Waals surface area contributed by atoms with E-state index in [4.69, 9.17) is 4.42 Å². The van der Waals surface area contributed by atoms with Crippen molar-refractivity contribution in [3.05, 3.63) is 75.8 Å². The molecule has 0 aliphatic heterocycles. The van der Waals surface area contributed by atoms with Gasteiger partial charge in [-0.2, -0.15) is 0 Å². The predicted octanol–water partition coefficient (Wildman–Crippen LogP) is 3.46. The second-order valence-corrected chi connectivity index (χ2v) is 5.56. The van der Waals surface area contributed by atoms with Crippen LogP contribution in [-0.2, 0) is 4.79 Å². The fourth-order valence-corrected chi connectivity index (χ4v) is 2.31. The van der Waals surface area contributed by atoms with E-state index >= 15 is 0 Å². The van der Waals surface area contributed by atoms with Gasteiger partial charge in [0.2, 0.25) is 5.91 Å². The average Bonchev–Trinajstić information content (AvgIpc) is 2.55. The molecule has 0 aliphatic rings. The van der Waals surface area contributed by atoms with Crippen LogP contribution < -0.4 is 10.7 Å². The third-order valence-corrected chi connectivity index (χ3v) is 3.54. The third-order valence-electron chi connectivity index (χ3n) is 3.54. The molecule has 5 nitrogen and oxygen atoms in total. The topological polar surface area (TPSA) is 72.2 Å². The highest BCUT2D eigenvalue weighted by molar-refractivity contribution is 6.01. The molecule has 1 amide bonds. The summed E-state index contributed by atoms with van der Waals surface area (Å²) in [5.41, 5.74) is 2.64. The summed E-state index contributed by atoms with van der Waals surface area (Å²) in [5.74, 6) is 0.0997. The smallest absolute Gasteiger partial charge is 0.249 e. The number of carbonyl (C=O) groups excluding carboxylic acids is 1. The monoisotopic (exact) mass is 320 g/mol. The summed E-state index contributed by atoms with van der Waals surface area (Å²) in [5, 5.41) is 3.15. The number of fused-ring (bicyclic) bond motifs is 1. The lowest BCUT2D eigenvalue weighted by Gasteiger charge is -2.02. The number of pyridine rings is 1. The number of nitrogens with one attached hydrogen (secondary N) is 1. The van der Waals surface area contributed by atoms with Gasteiger partial charge in [0.1, 0.15) is 17.7 Å². The number of amides is 1. The van der Waals surface area contributed by atoms with Crippen LogP contribution in [0.5, 0.6) is 0 Å². The minimum Gasteiger partial charge on any atom is -0.463 e. The second kappa shape index (κ2) is 6.50. The van der Waals surface area contributed by atoms with Gasteiger partial charge in [0, 0.05) is 12.3 Å². The summed E-state index contributed by atoms with van der Waals surface area (Å²) in [6, 6.07) is 9.01. The lowest BCUT2D eigenvalue weighted by molar-refractivity contribution is -0.111. The van der Waals surface area contributed by atoms with E-state index in [0.29, 0.717) is 22.4 Å². The summed E-state index contributed by atoms with van der Waals surface area (Å²) < 4.78 is 5.45. The van der Waals surface area contributed by atoms with Gasteiger partial charge in [0.25, 0.3) is 0 Å². The van der Waals surface area contributed by atoms with E-state index in [1.165, 1.54) is 18.4 Å². The molecule has 0 atom stereocenters. The molecular weight excluding hydrogens is 304 g/mol. The van der Waals surface area contributed by atoms with Crippen molar-refractivity contribution < 1.29 is 9.21 Å². The van der Waals surface area contributed by atoms with E-state index in [0.717, 1.165) is 11.1 Å². The molecule has 0 saturated carbocycles. The number of anilines is 1. The number of nitrogens with zero attached hydrogens (tertiary/aromatic N) is 1. The Morgan fingerprint density at radius 1 is 1.17 bits per heavy atom. The van der Waals surface area contributed by atoms with Crippen LogP contribution in [0.4, 0.5) is 5.82 Å². The number of aromatic nitrogens is 1. The van der Waals surface area contributed by atoms with Crippen LogP contribution in [0.2, 0.25) is 0 Å². The molecule has 5 heteroatoms. The Hall–Kier alpha value is -3.21. The lowest BCUT2D eigenvalue weighted by Crippen LogP contribution is -2.10. The quantitative estimate of drug-likeness (QED) is 0.750. The molecular formula is C19H16N2O3. The van der Waals surface area contributed by atoms with Crippen LogP contribution in [0.15, 0.2) is 58.1 Å². The fourth-order valence-electron chi connectivity index (χ4n) is 2.31. The molecule has 1 N–H and O–H groups in total. The molecule has 24 heavy (non-hydrogen) atoms. The molecule has 0 fully saturated rings. The van der Waals surface area contributed by atoms with Crippen molar-refractivity contribution in [2.45, 2.75) is 13.8 Å². The van der Waals surface area contributed by atoms with E-state index in [-0.39, 0.29) is 11.3 Å². The van der Waals surface area contributed by atoms with Crippen LogP contribution in [0.3, 0.4) is 0 Å².